The maximum Gasteiger partial charge on any atom is 0.104 e. The Labute approximate surface area is 95.7 Å². The van der Waals surface area contributed by atoms with Gasteiger partial charge in [-0.2, -0.15) is 0 Å². The van der Waals surface area contributed by atoms with Gasteiger partial charge in [-0.1, -0.05) is 67.2 Å². The summed E-state index contributed by atoms with van der Waals surface area (Å²) in [5.74, 6) is 0. The van der Waals surface area contributed by atoms with E-state index < -0.39 is 6.10 Å². The number of aliphatic hydroxyl groups excluding tert-OH is 1. The van der Waals surface area contributed by atoms with Crippen molar-refractivity contribution in [2.45, 2.75) is 6.10 Å². The van der Waals surface area contributed by atoms with Crippen molar-refractivity contribution < 1.29 is 5.11 Å². The molecule has 1 heteroatoms. The van der Waals surface area contributed by atoms with Gasteiger partial charge in [-0.3, -0.25) is 0 Å². The highest BCUT2D eigenvalue weighted by Crippen LogP contribution is 2.27. The van der Waals surface area contributed by atoms with Gasteiger partial charge in [-0.05, 0) is 16.7 Å². The van der Waals surface area contributed by atoms with Crippen LogP contribution in [0.2, 0.25) is 0 Å². The Morgan fingerprint density at radius 1 is 0.875 bits per heavy atom. The molecule has 0 unspecified atom stereocenters. The van der Waals surface area contributed by atoms with E-state index >= 15 is 0 Å². The second-order valence-corrected chi connectivity index (χ2v) is 3.70. The average molecular weight is 210 g/mol. The standard InChI is InChI=1S/C15H14O/c1-12(13-8-4-2-5-9-13)15(16)14-10-6-3-7-11-14/h2-11,15-16H,1H2/t15-/m0/s1. The lowest BCUT2D eigenvalue weighted by Crippen LogP contribution is -1.99. The molecule has 2 rings (SSSR count). The zero-order chi connectivity index (χ0) is 11.4. The Balaban J connectivity index is 2.24. The molecule has 0 heterocycles. The molecule has 80 valence electrons. The van der Waals surface area contributed by atoms with Crippen molar-refractivity contribution in [1.82, 2.24) is 0 Å². The van der Waals surface area contributed by atoms with Gasteiger partial charge >= 0.3 is 0 Å². The number of rotatable bonds is 3. The van der Waals surface area contributed by atoms with Gasteiger partial charge in [0.2, 0.25) is 0 Å². The molecule has 0 spiro atoms. The summed E-state index contributed by atoms with van der Waals surface area (Å²) < 4.78 is 0. The van der Waals surface area contributed by atoms with Crippen molar-refractivity contribution >= 4 is 5.57 Å². The van der Waals surface area contributed by atoms with E-state index in [1.165, 1.54) is 0 Å². The van der Waals surface area contributed by atoms with Crippen LogP contribution in [0.3, 0.4) is 0 Å². The van der Waals surface area contributed by atoms with Crippen molar-refractivity contribution in [3.05, 3.63) is 78.4 Å². The van der Waals surface area contributed by atoms with E-state index in [4.69, 9.17) is 0 Å². The minimum absolute atomic E-state index is 0.636. The van der Waals surface area contributed by atoms with E-state index in [1.54, 1.807) is 0 Å². The third-order valence-corrected chi connectivity index (χ3v) is 2.59. The zero-order valence-electron chi connectivity index (χ0n) is 9.01. The molecule has 1 N–H and O–H groups in total. The van der Waals surface area contributed by atoms with Gasteiger partial charge < -0.3 is 5.11 Å². The summed E-state index contributed by atoms with van der Waals surface area (Å²) in [7, 11) is 0. The molecular formula is C15H14O. The van der Waals surface area contributed by atoms with Gasteiger partial charge in [0.15, 0.2) is 0 Å². The first kappa shape index (κ1) is 10.7. The van der Waals surface area contributed by atoms with Crippen LogP contribution in [0.1, 0.15) is 17.2 Å². The third kappa shape index (κ3) is 2.20. The highest BCUT2D eigenvalue weighted by Gasteiger charge is 2.11. The van der Waals surface area contributed by atoms with Gasteiger partial charge in [0.25, 0.3) is 0 Å². The Morgan fingerprint density at radius 3 is 1.94 bits per heavy atom. The second kappa shape index (κ2) is 4.77. The summed E-state index contributed by atoms with van der Waals surface area (Å²) in [6, 6.07) is 19.3. The Kier molecular flexibility index (Phi) is 3.18. The first-order chi connectivity index (χ1) is 7.79. The third-order valence-electron chi connectivity index (χ3n) is 2.59. The van der Waals surface area contributed by atoms with Crippen molar-refractivity contribution in [1.29, 1.82) is 0 Å². The number of hydrogen-bond donors (Lipinski definition) is 1. The predicted molar refractivity (Wildman–Crippen MR) is 66.9 cm³/mol. The molecule has 1 atom stereocenters. The summed E-state index contributed by atoms with van der Waals surface area (Å²) in [4.78, 5) is 0. The number of hydrogen-bond acceptors (Lipinski definition) is 1. The molecule has 0 radical (unpaired) electrons. The first-order valence-corrected chi connectivity index (χ1v) is 5.26. The molecule has 0 aromatic heterocycles. The molecule has 2 aromatic carbocycles. The smallest absolute Gasteiger partial charge is 0.104 e. The first-order valence-electron chi connectivity index (χ1n) is 5.26. The van der Waals surface area contributed by atoms with Crippen LogP contribution < -0.4 is 0 Å². The molecule has 0 saturated carbocycles. The monoisotopic (exact) mass is 210 g/mol. The maximum atomic E-state index is 10.1. The molecule has 16 heavy (non-hydrogen) atoms. The van der Waals surface area contributed by atoms with E-state index in [0.717, 1.165) is 16.7 Å². The molecule has 0 aliphatic heterocycles. The average Bonchev–Trinajstić information content (AvgIpc) is 2.39. The molecule has 0 amide bonds. The van der Waals surface area contributed by atoms with Gasteiger partial charge in [0.05, 0.1) is 0 Å². The highest BCUT2D eigenvalue weighted by atomic mass is 16.3. The van der Waals surface area contributed by atoms with Crippen molar-refractivity contribution in [2.24, 2.45) is 0 Å². The van der Waals surface area contributed by atoms with Crippen LogP contribution in [0.25, 0.3) is 5.57 Å². The van der Waals surface area contributed by atoms with Crippen LogP contribution >= 0.6 is 0 Å². The van der Waals surface area contributed by atoms with Crippen LogP contribution in [0.5, 0.6) is 0 Å². The van der Waals surface area contributed by atoms with Crippen LogP contribution in [0, 0.1) is 0 Å². The number of aliphatic hydroxyl groups is 1. The maximum absolute atomic E-state index is 10.1. The fourth-order valence-electron chi connectivity index (χ4n) is 1.65. The predicted octanol–water partition coefficient (Wildman–Crippen LogP) is 3.43. The van der Waals surface area contributed by atoms with Gasteiger partial charge in [-0.25, -0.2) is 0 Å². The Bertz CT molecular complexity index is 459. The number of benzene rings is 2. The van der Waals surface area contributed by atoms with Crippen LogP contribution in [0.15, 0.2) is 67.2 Å². The second-order valence-electron chi connectivity index (χ2n) is 3.70. The molecule has 0 bridgehead atoms. The van der Waals surface area contributed by atoms with Crippen molar-refractivity contribution in [2.75, 3.05) is 0 Å². The summed E-state index contributed by atoms with van der Waals surface area (Å²) >= 11 is 0. The van der Waals surface area contributed by atoms with Gasteiger partial charge in [0, 0.05) is 0 Å². The van der Waals surface area contributed by atoms with E-state index in [2.05, 4.69) is 6.58 Å². The molecular weight excluding hydrogens is 196 g/mol. The van der Waals surface area contributed by atoms with Crippen molar-refractivity contribution in [3.63, 3.8) is 0 Å². The molecule has 1 nitrogen and oxygen atoms in total. The largest absolute Gasteiger partial charge is 0.384 e. The Morgan fingerprint density at radius 2 is 1.38 bits per heavy atom. The lowest BCUT2D eigenvalue weighted by atomic mass is 9.97. The SMILES string of the molecule is C=C(c1ccccc1)[C@H](O)c1ccccc1. The summed E-state index contributed by atoms with van der Waals surface area (Å²) in [6.07, 6.45) is -0.636. The lowest BCUT2D eigenvalue weighted by Gasteiger charge is -2.14. The van der Waals surface area contributed by atoms with E-state index in [-0.39, 0.29) is 0 Å². The van der Waals surface area contributed by atoms with E-state index in [0.29, 0.717) is 0 Å². The highest BCUT2D eigenvalue weighted by molar-refractivity contribution is 5.68. The van der Waals surface area contributed by atoms with Crippen molar-refractivity contribution in [3.8, 4) is 0 Å². The minimum atomic E-state index is -0.636. The summed E-state index contributed by atoms with van der Waals surface area (Å²) in [6.45, 7) is 3.95. The van der Waals surface area contributed by atoms with Crippen LogP contribution in [-0.2, 0) is 0 Å². The van der Waals surface area contributed by atoms with E-state index in [1.807, 2.05) is 60.7 Å². The molecule has 2 aromatic rings. The normalized spacial score (nSPS) is 12.1. The minimum Gasteiger partial charge on any atom is -0.384 e. The Hall–Kier alpha value is -1.86. The fourth-order valence-corrected chi connectivity index (χ4v) is 1.65. The quantitative estimate of drug-likeness (QED) is 0.822. The topological polar surface area (TPSA) is 20.2 Å². The lowest BCUT2D eigenvalue weighted by molar-refractivity contribution is 0.238. The van der Waals surface area contributed by atoms with Gasteiger partial charge in [-0.15, -0.1) is 0 Å². The zero-order valence-corrected chi connectivity index (χ0v) is 9.01. The van der Waals surface area contributed by atoms with Crippen LogP contribution in [-0.4, -0.2) is 5.11 Å². The van der Waals surface area contributed by atoms with E-state index in [9.17, 15) is 5.11 Å². The molecule has 0 aliphatic rings. The fraction of sp³-hybridized carbons (Fsp3) is 0.0667. The summed E-state index contributed by atoms with van der Waals surface area (Å²) in [5, 5.41) is 10.1. The van der Waals surface area contributed by atoms with Crippen LogP contribution in [0.4, 0.5) is 0 Å². The molecule has 0 aliphatic carbocycles. The van der Waals surface area contributed by atoms with Gasteiger partial charge in [0.1, 0.15) is 6.10 Å². The molecule has 0 fully saturated rings. The molecule has 0 saturated heterocycles. The summed E-state index contributed by atoms with van der Waals surface area (Å²) in [5.41, 5.74) is 2.57.